The van der Waals surface area contributed by atoms with E-state index in [0.717, 1.165) is 16.7 Å². The van der Waals surface area contributed by atoms with Crippen molar-refractivity contribution in [1.82, 2.24) is 30.2 Å². The molecule has 47 heavy (non-hydrogen) atoms. The summed E-state index contributed by atoms with van der Waals surface area (Å²) >= 11 is 0. The van der Waals surface area contributed by atoms with Crippen LogP contribution < -0.4 is 16.0 Å². The van der Waals surface area contributed by atoms with Gasteiger partial charge in [-0.2, -0.15) is 0 Å². The van der Waals surface area contributed by atoms with Gasteiger partial charge in [0.05, 0.1) is 6.33 Å². The lowest BCUT2D eigenvalue weighted by Crippen LogP contribution is -2.42. The fourth-order valence-electron chi connectivity index (χ4n) is 5.75. The van der Waals surface area contributed by atoms with E-state index in [4.69, 9.17) is 4.74 Å². The van der Waals surface area contributed by atoms with Crippen molar-refractivity contribution in [2.24, 2.45) is 0 Å². The normalized spacial score (nSPS) is 19.1. The quantitative estimate of drug-likeness (QED) is 0.139. The molecule has 0 saturated carbocycles. The van der Waals surface area contributed by atoms with Crippen LogP contribution in [0.15, 0.2) is 97.3 Å². The molecular formula is C35H37N7O5. The number of aliphatic hydroxyl groups is 2. The van der Waals surface area contributed by atoms with E-state index in [0.29, 0.717) is 37.4 Å². The highest BCUT2D eigenvalue weighted by Crippen LogP contribution is 2.33. The van der Waals surface area contributed by atoms with E-state index in [2.05, 4.69) is 55.2 Å². The SMILES string of the molecule is CCNC(=O)[C@H]1O[C@@H](n2cnc3c(NCC(c4ccccc4)c4ccccc4)nc(C(=O)NCCc4ccccc4)nc32)[C@@H](O)[C@@H]1O. The molecule has 0 unspecified atom stereocenters. The number of aliphatic hydroxyl groups excluding tert-OH is 2. The molecule has 12 heteroatoms. The molecule has 12 nitrogen and oxygen atoms in total. The number of likely N-dealkylation sites (N-methyl/N-ethyl adjacent to an activating group) is 1. The molecule has 1 saturated heterocycles. The number of nitrogens with one attached hydrogen (secondary N) is 3. The van der Waals surface area contributed by atoms with E-state index >= 15 is 0 Å². The highest BCUT2D eigenvalue weighted by atomic mass is 16.6. The summed E-state index contributed by atoms with van der Waals surface area (Å²) in [5.41, 5.74) is 3.78. The predicted octanol–water partition coefficient (Wildman–Crippen LogP) is 2.80. The van der Waals surface area contributed by atoms with Crippen LogP contribution in [0.25, 0.3) is 11.2 Å². The van der Waals surface area contributed by atoms with Crippen LogP contribution in [0, 0.1) is 0 Å². The Balaban J connectivity index is 1.33. The second-order valence-corrected chi connectivity index (χ2v) is 11.3. The monoisotopic (exact) mass is 635 g/mol. The lowest BCUT2D eigenvalue weighted by molar-refractivity contribution is -0.137. The van der Waals surface area contributed by atoms with Gasteiger partial charge in [0.15, 0.2) is 29.3 Å². The molecule has 0 spiro atoms. The zero-order chi connectivity index (χ0) is 32.8. The van der Waals surface area contributed by atoms with Crippen LogP contribution in [0.3, 0.4) is 0 Å². The Morgan fingerprint density at radius 2 is 1.51 bits per heavy atom. The van der Waals surface area contributed by atoms with Crippen molar-refractivity contribution >= 4 is 28.8 Å². The third kappa shape index (κ3) is 6.99. The number of aromatic nitrogens is 4. The maximum atomic E-state index is 13.4. The molecule has 1 fully saturated rings. The van der Waals surface area contributed by atoms with E-state index in [9.17, 15) is 19.8 Å². The number of amides is 2. The average Bonchev–Trinajstić information content (AvgIpc) is 3.66. The maximum Gasteiger partial charge on any atom is 0.289 e. The van der Waals surface area contributed by atoms with Gasteiger partial charge in [-0.1, -0.05) is 91.0 Å². The number of hydrogen-bond donors (Lipinski definition) is 5. The first-order valence-electron chi connectivity index (χ1n) is 15.6. The van der Waals surface area contributed by atoms with Crippen LogP contribution in [-0.2, 0) is 16.0 Å². The van der Waals surface area contributed by atoms with Gasteiger partial charge in [0.1, 0.15) is 12.2 Å². The largest absolute Gasteiger partial charge is 0.387 e. The fourth-order valence-corrected chi connectivity index (χ4v) is 5.75. The molecule has 3 heterocycles. The minimum Gasteiger partial charge on any atom is -0.387 e. The van der Waals surface area contributed by atoms with Crippen molar-refractivity contribution in [2.45, 2.75) is 43.8 Å². The number of benzene rings is 3. The lowest BCUT2D eigenvalue weighted by atomic mass is 9.91. The van der Waals surface area contributed by atoms with Gasteiger partial charge >= 0.3 is 0 Å². The Morgan fingerprint density at radius 3 is 2.15 bits per heavy atom. The van der Waals surface area contributed by atoms with Gasteiger partial charge in [0, 0.05) is 25.6 Å². The molecule has 0 bridgehead atoms. The Morgan fingerprint density at radius 1 is 0.872 bits per heavy atom. The van der Waals surface area contributed by atoms with E-state index in [-0.39, 0.29) is 17.4 Å². The first-order valence-corrected chi connectivity index (χ1v) is 15.6. The molecule has 0 radical (unpaired) electrons. The first kappa shape index (κ1) is 31.8. The maximum absolute atomic E-state index is 13.4. The minimum atomic E-state index is -1.48. The standard InChI is InChI=1S/C35H37N7O5/c1-2-36-33(45)29-27(43)28(44)35(47-29)42-21-39-26-30(38-20-25(23-14-8-4-9-15-23)24-16-10-5-11-17-24)40-31(41-32(26)42)34(46)37-19-18-22-12-6-3-7-13-22/h3-17,21,25,27-29,35,43-44H,2,18-20H2,1H3,(H,36,45)(H,37,46)(H,38,40,41)/t27-,28-,29-,35+/m0/s1. The molecule has 3 aromatic carbocycles. The smallest absolute Gasteiger partial charge is 0.289 e. The summed E-state index contributed by atoms with van der Waals surface area (Å²) < 4.78 is 7.27. The van der Waals surface area contributed by atoms with Crippen LogP contribution in [0.5, 0.6) is 0 Å². The van der Waals surface area contributed by atoms with Crippen molar-refractivity contribution < 1.29 is 24.5 Å². The molecule has 0 aliphatic carbocycles. The summed E-state index contributed by atoms with van der Waals surface area (Å²) in [4.78, 5) is 39.6. The van der Waals surface area contributed by atoms with Gasteiger partial charge in [0.25, 0.3) is 11.8 Å². The van der Waals surface area contributed by atoms with Crippen LogP contribution >= 0.6 is 0 Å². The van der Waals surface area contributed by atoms with Crippen molar-refractivity contribution in [3.8, 4) is 0 Å². The van der Waals surface area contributed by atoms with Gasteiger partial charge in [-0.15, -0.1) is 0 Å². The van der Waals surface area contributed by atoms with Crippen molar-refractivity contribution in [3.05, 3.63) is 120 Å². The Kier molecular flexibility index (Phi) is 9.81. The molecule has 2 amide bonds. The van der Waals surface area contributed by atoms with Crippen molar-refractivity contribution in [2.75, 3.05) is 25.0 Å². The van der Waals surface area contributed by atoms with Crippen LogP contribution in [0.4, 0.5) is 5.82 Å². The molecule has 6 rings (SSSR count). The van der Waals surface area contributed by atoms with E-state index in [1.54, 1.807) is 6.92 Å². The average molecular weight is 636 g/mol. The number of ether oxygens (including phenoxy) is 1. The summed E-state index contributed by atoms with van der Waals surface area (Å²) in [6, 6.07) is 29.9. The number of carbonyl (C=O) groups is 2. The van der Waals surface area contributed by atoms with Crippen molar-refractivity contribution in [3.63, 3.8) is 0 Å². The number of hydrogen-bond acceptors (Lipinski definition) is 9. The number of nitrogens with zero attached hydrogens (tertiary/aromatic N) is 4. The topological polar surface area (TPSA) is 164 Å². The van der Waals surface area contributed by atoms with Gasteiger partial charge < -0.3 is 30.9 Å². The number of fused-ring (bicyclic) bond motifs is 1. The Labute approximate surface area is 271 Å². The molecule has 1 aliphatic heterocycles. The molecule has 242 valence electrons. The summed E-state index contributed by atoms with van der Waals surface area (Å²) in [7, 11) is 0. The van der Waals surface area contributed by atoms with Gasteiger partial charge in [-0.25, -0.2) is 15.0 Å². The van der Waals surface area contributed by atoms with Gasteiger partial charge in [-0.05, 0) is 30.0 Å². The molecule has 1 aliphatic rings. The molecule has 4 atom stereocenters. The van der Waals surface area contributed by atoms with Gasteiger partial charge in [0.2, 0.25) is 5.82 Å². The molecule has 5 N–H and O–H groups in total. The number of anilines is 1. The van der Waals surface area contributed by atoms with Gasteiger partial charge in [-0.3, -0.25) is 14.2 Å². The van der Waals surface area contributed by atoms with Crippen molar-refractivity contribution in [1.29, 1.82) is 0 Å². The van der Waals surface area contributed by atoms with Crippen LogP contribution in [-0.4, -0.2) is 79.5 Å². The summed E-state index contributed by atoms with van der Waals surface area (Å²) in [6.45, 7) is 2.86. The Hall–Kier alpha value is -5.17. The highest BCUT2D eigenvalue weighted by Gasteiger charge is 2.47. The zero-order valence-electron chi connectivity index (χ0n) is 25.9. The molecular weight excluding hydrogens is 598 g/mol. The third-order valence-corrected chi connectivity index (χ3v) is 8.17. The van der Waals surface area contributed by atoms with E-state index < -0.39 is 36.4 Å². The zero-order valence-corrected chi connectivity index (χ0v) is 25.9. The van der Waals surface area contributed by atoms with E-state index in [1.807, 2.05) is 66.7 Å². The number of carbonyl (C=O) groups excluding carboxylic acids is 2. The third-order valence-electron chi connectivity index (χ3n) is 8.17. The summed E-state index contributed by atoms with van der Waals surface area (Å²) in [6.07, 6.45) is -3.43. The first-order chi connectivity index (χ1) is 22.9. The second-order valence-electron chi connectivity index (χ2n) is 11.3. The molecule has 2 aromatic heterocycles. The molecule has 5 aromatic rings. The number of imidazole rings is 1. The predicted molar refractivity (Wildman–Crippen MR) is 176 cm³/mol. The lowest BCUT2D eigenvalue weighted by Gasteiger charge is -2.20. The highest BCUT2D eigenvalue weighted by molar-refractivity contribution is 5.94. The summed E-state index contributed by atoms with van der Waals surface area (Å²) in [5.74, 6) is -0.893. The minimum absolute atomic E-state index is 0.0550. The summed E-state index contributed by atoms with van der Waals surface area (Å²) in [5, 5.41) is 30.5. The fraction of sp³-hybridized carbons (Fsp3) is 0.286. The van der Waals surface area contributed by atoms with Crippen LogP contribution in [0.1, 0.15) is 46.4 Å². The second kappa shape index (κ2) is 14.5. The number of rotatable bonds is 12. The van der Waals surface area contributed by atoms with Crippen LogP contribution in [0.2, 0.25) is 0 Å². The van der Waals surface area contributed by atoms with E-state index in [1.165, 1.54) is 10.9 Å². The Bertz CT molecular complexity index is 1760.